The summed E-state index contributed by atoms with van der Waals surface area (Å²) in [6.45, 7) is 3.61. The first-order valence-electron chi connectivity index (χ1n) is 8.54. The highest BCUT2D eigenvalue weighted by molar-refractivity contribution is 6.05. The molecule has 136 valence electrons. The van der Waals surface area contributed by atoms with Crippen LogP contribution in [0.3, 0.4) is 0 Å². The van der Waals surface area contributed by atoms with Gasteiger partial charge in [-0.05, 0) is 43.2 Å². The summed E-state index contributed by atoms with van der Waals surface area (Å²) < 4.78 is 5.25. The van der Waals surface area contributed by atoms with E-state index in [4.69, 9.17) is 4.74 Å². The quantitative estimate of drug-likeness (QED) is 0.536. The Hall–Kier alpha value is -2.99. The number of nitrogens with one attached hydrogen (secondary N) is 2. The lowest BCUT2D eigenvalue weighted by molar-refractivity contribution is -0.117. The van der Waals surface area contributed by atoms with Gasteiger partial charge in [-0.25, -0.2) is 0 Å². The first-order chi connectivity index (χ1) is 12.7. The molecule has 0 radical (unpaired) electrons. The monoisotopic (exact) mass is 353 g/mol. The van der Waals surface area contributed by atoms with E-state index in [0.717, 1.165) is 5.56 Å². The number of nitrogens with zero attached hydrogens (tertiary/aromatic N) is 1. The zero-order valence-electron chi connectivity index (χ0n) is 14.8. The Morgan fingerprint density at radius 1 is 1.15 bits per heavy atom. The summed E-state index contributed by atoms with van der Waals surface area (Å²) in [5.41, 5.74) is 1.37. The number of hydrogen-bond donors (Lipinski definition) is 2. The molecule has 6 heteroatoms. The maximum absolute atomic E-state index is 12.5. The maximum Gasteiger partial charge on any atom is 0.267 e. The number of benzene rings is 1. The summed E-state index contributed by atoms with van der Waals surface area (Å²) in [6.07, 6.45) is 5.57. The van der Waals surface area contributed by atoms with Crippen molar-refractivity contribution in [2.45, 2.75) is 13.3 Å². The average Bonchev–Trinajstić information content (AvgIpc) is 2.68. The van der Waals surface area contributed by atoms with Crippen molar-refractivity contribution in [3.8, 4) is 0 Å². The fourth-order valence-corrected chi connectivity index (χ4v) is 2.19. The topological polar surface area (TPSA) is 80.3 Å². The van der Waals surface area contributed by atoms with Crippen LogP contribution in [0.1, 0.15) is 29.3 Å². The Bertz CT molecular complexity index is 730. The van der Waals surface area contributed by atoms with Crippen LogP contribution in [0.4, 0.5) is 0 Å². The number of pyridine rings is 1. The van der Waals surface area contributed by atoms with E-state index in [9.17, 15) is 9.59 Å². The second kappa shape index (κ2) is 10.8. The van der Waals surface area contributed by atoms with Crippen LogP contribution in [-0.4, -0.2) is 36.6 Å². The standard InChI is InChI=1S/C20H23N3O3/c1-2-26-13-7-12-22-20(25)18(14-16-8-6-11-21-15-16)23-19(24)17-9-4-3-5-10-17/h3-6,8-11,14-15H,2,7,12-13H2,1H3,(H,22,25)(H,23,24)/b18-14-. The first-order valence-corrected chi connectivity index (χ1v) is 8.54. The van der Waals surface area contributed by atoms with Gasteiger partial charge in [0.25, 0.3) is 11.8 Å². The summed E-state index contributed by atoms with van der Waals surface area (Å²) in [6, 6.07) is 12.3. The van der Waals surface area contributed by atoms with E-state index in [1.165, 1.54) is 0 Å². The lowest BCUT2D eigenvalue weighted by atomic mass is 10.2. The van der Waals surface area contributed by atoms with E-state index in [1.54, 1.807) is 48.8 Å². The molecule has 1 aromatic heterocycles. The van der Waals surface area contributed by atoms with Crippen molar-refractivity contribution in [2.24, 2.45) is 0 Å². The molecule has 1 heterocycles. The van der Waals surface area contributed by atoms with Gasteiger partial charge in [0.15, 0.2) is 0 Å². The number of hydrogen-bond acceptors (Lipinski definition) is 4. The second-order valence-corrected chi connectivity index (χ2v) is 5.47. The van der Waals surface area contributed by atoms with Gasteiger partial charge >= 0.3 is 0 Å². The molecule has 1 aromatic carbocycles. The molecular weight excluding hydrogens is 330 g/mol. The van der Waals surface area contributed by atoms with E-state index >= 15 is 0 Å². The molecule has 2 N–H and O–H groups in total. The van der Waals surface area contributed by atoms with Crippen molar-refractivity contribution in [1.82, 2.24) is 15.6 Å². The summed E-state index contributed by atoms with van der Waals surface area (Å²) in [4.78, 5) is 28.9. The van der Waals surface area contributed by atoms with Crippen molar-refractivity contribution in [2.75, 3.05) is 19.8 Å². The maximum atomic E-state index is 12.5. The number of rotatable bonds is 9. The van der Waals surface area contributed by atoms with Gasteiger partial charge in [0, 0.05) is 37.7 Å². The zero-order chi connectivity index (χ0) is 18.6. The number of carbonyl (C=O) groups excluding carboxylic acids is 2. The largest absolute Gasteiger partial charge is 0.382 e. The van der Waals surface area contributed by atoms with E-state index in [1.807, 2.05) is 19.1 Å². The molecule has 0 saturated heterocycles. The molecule has 0 bridgehead atoms. The van der Waals surface area contributed by atoms with Crippen LogP contribution in [0.2, 0.25) is 0 Å². The Morgan fingerprint density at radius 2 is 1.96 bits per heavy atom. The summed E-state index contributed by atoms with van der Waals surface area (Å²) in [7, 11) is 0. The zero-order valence-corrected chi connectivity index (χ0v) is 14.8. The SMILES string of the molecule is CCOCCCNC(=O)/C(=C/c1cccnc1)NC(=O)c1ccccc1. The molecule has 0 saturated carbocycles. The Balaban J connectivity index is 2.08. The molecule has 0 fully saturated rings. The summed E-state index contributed by atoms with van der Waals surface area (Å²) in [5.74, 6) is -0.695. The smallest absolute Gasteiger partial charge is 0.267 e. The predicted octanol–water partition coefficient (Wildman–Crippen LogP) is 2.40. The van der Waals surface area contributed by atoms with Gasteiger partial charge < -0.3 is 15.4 Å². The van der Waals surface area contributed by atoms with Gasteiger partial charge in [0.05, 0.1) is 0 Å². The van der Waals surface area contributed by atoms with E-state index in [2.05, 4.69) is 15.6 Å². The minimum absolute atomic E-state index is 0.170. The number of aromatic nitrogens is 1. The van der Waals surface area contributed by atoms with Gasteiger partial charge in [-0.15, -0.1) is 0 Å². The fraction of sp³-hybridized carbons (Fsp3) is 0.250. The van der Waals surface area contributed by atoms with Crippen molar-refractivity contribution in [1.29, 1.82) is 0 Å². The summed E-state index contributed by atoms with van der Waals surface area (Å²) in [5, 5.41) is 5.48. The third kappa shape index (κ3) is 6.49. The van der Waals surface area contributed by atoms with Gasteiger partial charge in [-0.3, -0.25) is 14.6 Å². The molecule has 2 rings (SSSR count). The highest BCUT2D eigenvalue weighted by atomic mass is 16.5. The highest BCUT2D eigenvalue weighted by Gasteiger charge is 2.14. The number of carbonyl (C=O) groups is 2. The van der Waals surface area contributed by atoms with Crippen molar-refractivity contribution < 1.29 is 14.3 Å². The van der Waals surface area contributed by atoms with Crippen molar-refractivity contribution in [3.63, 3.8) is 0 Å². The molecule has 0 aliphatic heterocycles. The fourth-order valence-electron chi connectivity index (χ4n) is 2.19. The Kier molecular flexibility index (Phi) is 8.02. The lowest BCUT2D eigenvalue weighted by Crippen LogP contribution is -2.35. The lowest BCUT2D eigenvalue weighted by Gasteiger charge is -2.11. The van der Waals surface area contributed by atoms with Crippen LogP contribution in [-0.2, 0) is 9.53 Å². The molecule has 26 heavy (non-hydrogen) atoms. The van der Waals surface area contributed by atoms with E-state index < -0.39 is 0 Å². The minimum atomic E-state index is -0.352. The van der Waals surface area contributed by atoms with Crippen LogP contribution >= 0.6 is 0 Å². The third-order valence-electron chi connectivity index (χ3n) is 3.48. The van der Waals surface area contributed by atoms with Crippen LogP contribution < -0.4 is 10.6 Å². The Morgan fingerprint density at radius 3 is 2.65 bits per heavy atom. The minimum Gasteiger partial charge on any atom is -0.382 e. The van der Waals surface area contributed by atoms with Crippen LogP contribution in [0.5, 0.6) is 0 Å². The molecule has 0 aliphatic carbocycles. The van der Waals surface area contributed by atoms with E-state index in [0.29, 0.717) is 31.7 Å². The molecular formula is C20H23N3O3. The number of amides is 2. The van der Waals surface area contributed by atoms with Gasteiger partial charge in [0.1, 0.15) is 5.70 Å². The first kappa shape index (κ1) is 19.3. The molecule has 6 nitrogen and oxygen atoms in total. The van der Waals surface area contributed by atoms with Crippen LogP contribution in [0.15, 0.2) is 60.6 Å². The van der Waals surface area contributed by atoms with Gasteiger partial charge in [-0.1, -0.05) is 24.3 Å². The molecule has 0 spiro atoms. The normalized spacial score (nSPS) is 11.0. The molecule has 0 atom stereocenters. The van der Waals surface area contributed by atoms with Crippen LogP contribution in [0.25, 0.3) is 6.08 Å². The van der Waals surface area contributed by atoms with Crippen molar-refractivity contribution in [3.05, 3.63) is 71.7 Å². The molecule has 0 aliphatic rings. The molecule has 2 aromatic rings. The molecule has 2 amide bonds. The van der Waals surface area contributed by atoms with Crippen LogP contribution in [0, 0.1) is 0 Å². The average molecular weight is 353 g/mol. The van der Waals surface area contributed by atoms with E-state index in [-0.39, 0.29) is 17.5 Å². The summed E-state index contributed by atoms with van der Waals surface area (Å²) >= 11 is 0. The highest BCUT2D eigenvalue weighted by Crippen LogP contribution is 2.06. The third-order valence-corrected chi connectivity index (χ3v) is 3.48. The van der Waals surface area contributed by atoms with Gasteiger partial charge in [-0.2, -0.15) is 0 Å². The van der Waals surface area contributed by atoms with Gasteiger partial charge in [0.2, 0.25) is 0 Å². The molecule has 0 unspecified atom stereocenters. The predicted molar refractivity (Wildman–Crippen MR) is 100 cm³/mol. The Labute approximate surface area is 153 Å². The second-order valence-electron chi connectivity index (χ2n) is 5.47. The van der Waals surface area contributed by atoms with Crippen molar-refractivity contribution >= 4 is 17.9 Å². The number of ether oxygens (including phenoxy) is 1.